The number of nitrogens with one attached hydrogen (secondary N) is 2. The molecule has 0 saturated carbocycles. The number of fused-ring (bicyclic) bond motifs is 1. The van der Waals surface area contributed by atoms with Gasteiger partial charge in [-0.1, -0.05) is 112 Å². The molecule has 0 aliphatic carbocycles. The molecule has 4 aromatic rings. The molecule has 6 rings (SSSR count). The molecule has 256 valence electrons. The predicted molar refractivity (Wildman–Crippen MR) is 193 cm³/mol. The van der Waals surface area contributed by atoms with E-state index in [0.29, 0.717) is 19.5 Å². The van der Waals surface area contributed by atoms with Gasteiger partial charge in [0, 0.05) is 18.7 Å². The van der Waals surface area contributed by atoms with E-state index in [4.69, 9.17) is 9.72 Å². The maximum absolute atomic E-state index is 14.6. The van der Waals surface area contributed by atoms with E-state index in [2.05, 4.69) is 34.9 Å². The Bertz CT molecular complexity index is 1700. The Labute approximate surface area is 292 Å². The lowest BCUT2D eigenvalue weighted by atomic mass is 9.85. The van der Waals surface area contributed by atoms with Crippen LogP contribution in [0.1, 0.15) is 50.6 Å². The van der Waals surface area contributed by atoms with Gasteiger partial charge >= 0.3 is 6.09 Å². The van der Waals surface area contributed by atoms with Crippen LogP contribution in [-0.4, -0.2) is 77.0 Å². The topological polar surface area (TPSA) is 104 Å². The van der Waals surface area contributed by atoms with Crippen LogP contribution in [-0.2, 0) is 20.9 Å². The number of benzene rings is 3. The standard InChI is InChI=1S/C39H45N5O4S/c1-25(40-5)35(45)42-34(39(2,3)4)37(46)43-22-21-30-32(43)29(23-44(30)38(47)48-24-26-15-9-6-10-16-26)36-41-31(27-17-11-7-12-18-27)33(49-36)28-19-13-8-14-20-28/h6-20,25,29-30,32,34,40H,21-24H2,1-5H3,(H,42,45)/t25-,29-,30+,32+,34+/m0/s1. The van der Waals surface area contributed by atoms with Crippen LogP contribution in [0.5, 0.6) is 0 Å². The molecule has 2 aliphatic heterocycles. The fraction of sp³-hybridized carbons (Fsp3) is 0.385. The van der Waals surface area contributed by atoms with Gasteiger partial charge in [-0.2, -0.15) is 0 Å². The summed E-state index contributed by atoms with van der Waals surface area (Å²) in [7, 11) is 1.72. The molecule has 5 atom stereocenters. The van der Waals surface area contributed by atoms with Crippen molar-refractivity contribution in [3.63, 3.8) is 0 Å². The van der Waals surface area contributed by atoms with Crippen LogP contribution in [0.2, 0.25) is 0 Å². The molecule has 2 saturated heterocycles. The second-order valence-corrected chi connectivity index (χ2v) is 15.0. The minimum Gasteiger partial charge on any atom is -0.445 e. The average molecular weight is 680 g/mol. The highest BCUT2D eigenvalue weighted by Gasteiger charge is 2.55. The molecular weight excluding hydrogens is 635 g/mol. The number of hydrogen-bond acceptors (Lipinski definition) is 7. The summed E-state index contributed by atoms with van der Waals surface area (Å²) in [5.41, 5.74) is 3.30. The van der Waals surface area contributed by atoms with Gasteiger partial charge in [0.2, 0.25) is 11.8 Å². The van der Waals surface area contributed by atoms with Crippen molar-refractivity contribution in [3.05, 3.63) is 102 Å². The fourth-order valence-electron chi connectivity index (χ4n) is 6.86. The lowest BCUT2D eigenvalue weighted by molar-refractivity contribution is -0.140. The van der Waals surface area contributed by atoms with Gasteiger partial charge in [0.05, 0.1) is 34.6 Å². The van der Waals surface area contributed by atoms with Crippen LogP contribution >= 0.6 is 11.3 Å². The number of aromatic nitrogens is 1. The number of ether oxygens (including phenoxy) is 1. The number of carbonyl (C=O) groups excluding carboxylic acids is 3. The smallest absolute Gasteiger partial charge is 0.410 e. The summed E-state index contributed by atoms with van der Waals surface area (Å²) < 4.78 is 5.86. The van der Waals surface area contributed by atoms with E-state index in [1.807, 2.05) is 92.4 Å². The Hall–Kier alpha value is -4.54. The van der Waals surface area contributed by atoms with E-state index in [0.717, 1.165) is 32.3 Å². The number of nitrogens with zero attached hydrogens (tertiary/aromatic N) is 3. The van der Waals surface area contributed by atoms with Crippen LogP contribution < -0.4 is 10.6 Å². The lowest BCUT2D eigenvalue weighted by Crippen LogP contribution is -2.59. The molecule has 1 aromatic heterocycles. The van der Waals surface area contributed by atoms with Crippen molar-refractivity contribution < 1.29 is 19.1 Å². The summed E-state index contributed by atoms with van der Waals surface area (Å²) in [6.07, 6.45) is 0.204. The average Bonchev–Trinajstić information content (AvgIpc) is 3.85. The monoisotopic (exact) mass is 679 g/mol. The second-order valence-electron chi connectivity index (χ2n) is 14.0. The minimum absolute atomic E-state index is 0.149. The first kappa shape index (κ1) is 34.3. The van der Waals surface area contributed by atoms with E-state index in [1.54, 1.807) is 30.2 Å². The number of amides is 3. The predicted octanol–water partition coefficient (Wildman–Crippen LogP) is 6.32. The van der Waals surface area contributed by atoms with Crippen molar-refractivity contribution in [1.82, 2.24) is 25.4 Å². The van der Waals surface area contributed by atoms with Crippen molar-refractivity contribution >= 4 is 29.2 Å². The Morgan fingerprint density at radius 2 is 1.53 bits per heavy atom. The Morgan fingerprint density at radius 1 is 0.918 bits per heavy atom. The first-order valence-electron chi connectivity index (χ1n) is 16.9. The zero-order valence-electron chi connectivity index (χ0n) is 28.8. The Balaban J connectivity index is 1.38. The lowest BCUT2D eigenvalue weighted by Gasteiger charge is -2.37. The molecule has 2 aliphatic rings. The highest BCUT2D eigenvalue weighted by molar-refractivity contribution is 7.15. The highest BCUT2D eigenvalue weighted by atomic mass is 32.1. The summed E-state index contributed by atoms with van der Waals surface area (Å²) in [5.74, 6) is -0.636. The van der Waals surface area contributed by atoms with E-state index in [1.165, 1.54) is 0 Å². The van der Waals surface area contributed by atoms with E-state index in [9.17, 15) is 14.4 Å². The first-order chi connectivity index (χ1) is 23.6. The van der Waals surface area contributed by atoms with Crippen LogP contribution in [0.25, 0.3) is 21.7 Å². The summed E-state index contributed by atoms with van der Waals surface area (Å²) in [4.78, 5) is 51.5. The maximum atomic E-state index is 14.6. The molecular formula is C39H45N5O4S. The molecule has 49 heavy (non-hydrogen) atoms. The summed E-state index contributed by atoms with van der Waals surface area (Å²) in [6.45, 7) is 8.65. The second kappa shape index (κ2) is 14.5. The fourth-order valence-corrected chi connectivity index (χ4v) is 8.08. The molecule has 3 heterocycles. The van der Waals surface area contributed by atoms with Gasteiger partial charge in [0.15, 0.2) is 0 Å². The van der Waals surface area contributed by atoms with Crippen LogP contribution in [0.4, 0.5) is 4.79 Å². The van der Waals surface area contributed by atoms with Crippen molar-refractivity contribution in [2.24, 2.45) is 5.41 Å². The van der Waals surface area contributed by atoms with Gasteiger partial charge in [0.25, 0.3) is 0 Å². The number of rotatable bonds is 9. The highest BCUT2D eigenvalue weighted by Crippen LogP contribution is 2.47. The van der Waals surface area contributed by atoms with E-state index >= 15 is 0 Å². The SMILES string of the molecule is CN[C@@H](C)C(=O)N[C@H](C(=O)N1CC[C@@H]2[C@H]1[C@@H](c1nc(-c3ccccc3)c(-c3ccccc3)s1)CN2C(=O)OCc1ccccc1)C(C)(C)C. The zero-order chi connectivity index (χ0) is 34.7. The van der Waals surface area contributed by atoms with Crippen molar-refractivity contribution in [1.29, 1.82) is 0 Å². The number of thiazole rings is 1. The third-order valence-corrected chi connectivity index (χ3v) is 10.9. The third kappa shape index (κ3) is 7.26. The van der Waals surface area contributed by atoms with Gasteiger partial charge in [-0.05, 0) is 36.9 Å². The molecule has 0 radical (unpaired) electrons. The van der Waals surface area contributed by atoms with E-state index in [-0.39, 0.29) is 36.4 Å². The summed E-state index contributed by atoms with van der Waals surface area (Å²) in [6, 6.07) is 28.2. The van der Waals surface area contributed by atoms with Crippen LogP contribution in [0.15, 0.2) is 91.0 Å². The third-order valence-electron chi connectivity index (χ3n) is 9.62. The minimum atomic E-state index is -0.759. The van der Waals surface area contributed by atoms with Gasteiger partial charge in [-0.3, -0.25) is 9.59 Å². The molecule has 0 bridgehead atoms. The number of hydrogen-bond donors (Lipinski definition) is 2. The van der Waals surface area contributed by atoms with Gasteiger partial charge in [-0.25, -0.2) is 9.78 Å². The summed E-state index contributed by atoms with van der Waals surface area (Å²) in [5, 5.41) is 6.87. The zero-order valence-corrected chi connectivity index (χ0v) is 29.6. The van der Waals surface area contributed by atoms with Crippen LogP contribution in [0, 0.1) is 5.41 Å². The molecule has 0 spiro atoms. The molecule has 2 fully saturated rings. The number of carbonyl (C=O) groups is 3. The number of likely N-dealkylation sites (N-methyl/N-ethyl adjacent to an activating group) is 1. The number of likely N-dealkylation sites (tertiary alicyclic amines) is 2. The molecule has 9 nitrogen and oxygen atoms in total. The molecule has 10 heteroatoms. The molecule has 0 unspecified atom stereocenters. The Kier molecular flexibility index (Phi) is 10.2. The van der Waals surface area contributed by atoms with Crippen LogP contribution in [0.3, 0.4) is 0 Å². The first-order valence-corrected chi connectivity index (χ1v) is 17.8. The maximum Gasteiger partial charge on any atom is 0.410 e. The molecule has 3 aromatic carbocycles. The van der Waals surface area contributed by atoms with Crippen molar-refractivity contribution in [2.45, 2.75) is 70.8 Å². The quantitative estimate of drug-likeness (QED) is 0.215. The Morgan fingerprint density at radius 3 is 2.14 bits per heavy atom. The largest absolute Gasteiger partial charge is 0.445 e. The van der Waals surface area contributed by atoms with Crippen molar-refractivity contribution in [2.75, 3.05) is 20.1 Å². The normalized spacial score (nSPS) is 20.1. The van der Waals surface area contributed by atoms with Crippen molar-refractivity contribution in [3.8, 4) is 21.7 Å². The van der Waals surface area contributed by atoms with E-state index < -0.39 is 23.6 Å². The summed E-state index contributed by atoms with van der Waals surface area (Å²) >= 11 is 1.62. The van der Waals surface area contributed by atoms with Gasteiger partial charge in [0.1, 0.15) is 17.7 Å². The molecule has 2 N–H and O–H groups in total. The molecule has 3 amide bonds. The van der Waals surface area contributed by atoms with Gasteiger partial charge < -0.3 is 25.2 Å². The van der Waals surface area contributed by atoms with Gasteiger partial charge in [-0.15, -0.1) is 11.3 Å².